The van der Waals surface area contributed by atoms with Crippen LogP contribution in [0.4, 0.5) is 5.69 Å². The number of carbonyl (C=O) groups excluding carboxylic acids is 2. The highest BCUT2D eigenvalue weighted by atomic mass is 35.5. The molecule has 0 saturated heterocycles. The Morgan fingerprint density at radius 1 is 1.04 bits per heavy atom. The molecular formula is C19H21ClN2O2. The van der Waals surface area contributed by atoms with E-state index in [-0.39, 0.29) is 17.7 Å². The second-order valence-electron chi connectivity index (χ2n) is 6.01. The summed E-state index contributed by atoms with van der Waals surface area (Å²) in [5.41, 5.74) is 2.08. The maximum absolute atomic E-state index is 12.6. The maximum Gasteiger partial charge on any atom is 0.251 e. The molecule has 0 spiro atoms. The van der Waals surface area contributed by atoms with Gasteiger partial charge in [-0.25, -0.2) is 0 Å². The molecule has 0 aromatic heterocycles. The molecule has 2 rings (SSSR count). The fourth-order valence-electron chi connectivity index (χ4n) is 2.33. The zero-order valence-electron chi connectivity index (χ0n) is 14.0. The Balaban J connectivity index is 2.12. The minimum Gasteiger partial charge on any atom is -0.340 e. The summed E-state index contributed by atoms with van der Waals surface area (Å²) in [6.07, 6.45) is 0. The number of carbonyl (C=O) groups is 2. The Morgan fingerprint density at radius 3 is 2.29 bits per heavy atom. The molecule has 0 aliphatic rings. The number of benzene rings is 2. The molecule has 2 amide bonds. The van der Waals surface area contributed by atoms with Gasteiger partial charge in [0, 0.05) is 16.3 Å². The first-order chi connectivity index (χ1) is 11.4. The van der Waals surface area contributed by atoms with E-state index in [2.05, 4.69) is 10.6 Å². The fraction of sp³-hybridized carbons (Fsp3) is 0.263. The standard InChI is InChI=1S/C19H21ClN2O2/c1-12(2)17(22-18(23)14-7-5-4-6-8-14)19(24)21-16-10-9-15(20)11-13(16)3/h4-12,17H,1-3H3,(H,21,24)(H,22,23). The molecular weight excluding hydrogens is 324 g/mol. The maximum atomic E-state index is 12.6. The van der Waals surface area contributed by atoms with Crippen LogP contribution in [-0.2, 0) is 4.79 Å². The summed E-state index contributed by atoms with van der Waals surface area (Å²) in [5.74, 6) is -0.567. The van der Waals surface area contributed by atoms with Gasteiger partial charge in [0.25, 0.3) is 5.91 Å². The van der Waals surface area contributed by atoms with Gasteiger partial charge in [-0.3, -0.25) is 9.59 Å². The Morgan fingerprint density at radius 2 is 1.71 bits per heavy atom. The number of amides is 2. The first kappa shape index (κ1) is 18.0. The van der Waals surface area contributed by atoms with Gasteiger partial charge in [-0.05, 0) is 48.7 Å². The lowest BCUT2D eigenvalue weighted by Gasteiger charge is -2.22. The molecule has 24 heavy (non-hydrogen) atoms. The highest BCUT2D eigenvalue weighted by Gasteiger charge is 2.25. The molecule has 126 valence electrons. The van der Waals surface area contributed by atoms with Crippen LogP contribution in [0.15, 0.2) is 48.5 Å². The van der Waals surface area contributed by atoms with E-state index in [1.54, 1.807) is 42.5 Å². The third-order valence-electron chi connectivity index (χ3n) is 3.72. The first-order valence-electron chi connectivity index (χ1n) is 7.81. The van der Waals surface area contributed by atoms with Crippen molar-refractivity contribution in [3.8, 4) is 0 Å². The van der Waals surface area contributed by atoms with Gasteiger partial charge >= 0.3 is 0 Å². The summed E-state index contributed by atoms with van der Waals surface area (Å²) < 4.78 is 0. The van der Waals surface area contributed by atoms with Crippen LogP contribution >= 0.6 is 11.6 Å². The number of hydrogen-bond donors (Lipinski definition) is 2. The highest BCUT2D eigenvalue weighted by molar-refractivity contribution is 6.30. The van der Waals surface area contributed by atoms with E-state index in [4.69, 9.17) is 11.6 Å². The quantitative estimate of drug-likeness (QED) is 0.860. The third-order valence-corrected chi connectivity index (χ3v) is 3.95. The van der Waals surface area contributed by atoms with Crippen molar-refractivity contribution in [1.82, 2.24) is 5.32 Å². The van der Waals surface area contributed by atoms with Crippen molar-refractivity contribution < 1.29 is 9.59 Å². The van der Waals surface area contributed by atoms with Crippen LogP contribution in [0.1, 0.15) is 29.8 Å². The van der Waals surface area contributed by atoms with Crippen molar-refractivity contribution in [3.05, 3.63) is 64.7 Å². The average molecular weight is 345 g/mol. The topological polar surface area (TPSA) is 58.2 Å². The van der Waals surface area contributed by atoms with Crippen molar-refractivity contribution in [2.75, 3.05) is 5.32 Å². The predicted molar refractivity (Wildman–Crippen MR) is 97.4 cm³/mol. The Hall–Kier alpha value is -2.33. The molecule has 1 unspecified atom stereocenters. The lowest BCUT2D eigenvalue weighted by atomic mass is 10.0. The van der Waals surface area contributed by atoms with Gasteiger partial charge in [0.1, 0.15) is 6.04 Å². The lowest BCUT2D eigenvalue weighted by Crippen LogP contribution is -2.47. The summed E-state index contributed by atoms with van der Waals surface area (Å²) in [6.45, 7) is 5.66. The number of halogens is 1. The van der Waals surface area contributed by atoms with Crippen molar-refractivity contribution in [2.45, 2.75) is 26.8 Å². The van der Waals surface area contributed by atoms with Crippen LogP contribution in [0.25, 0.3) is 0 Å². The first-order valence-corrected chi connectivity index (χ1v) is 8.19. The molecule has 2 aromatic carbocycles. The van der Waals surface area contributed by atoms with Gasteiger partial charge in [0.2, 0.25) is 5.91 Å². The van der Waals surface area contributed by atoms with E-state index in [0.29, 0.717) is 16.3 Å². The van der Waals surface area contributed by atoms with Gasteiger partial charge in [-0.15, -0.1) is 0 Å². The normalized spacial score (nSPS) is 11.9. The zero-order valence-corrected chi connectivity index (χ0v) is 14.7. The van der Waals surface area contributed by atoms with Crippen LogP contribution in [0, 0.1) is 12.8 Å². The monoisotopic (exact) mass is 344 g/mol. The van der Waals surface area contributed by atoms with Gasteiger partial charge in [0.05, 0.1) is 0 Å². The SMILES string of the molecule is Cc1cc(Cl)ccc1NC(=O)C(NC(=O)c1ccccc1)C(C)C. The number of rotatable bonds is 5. The molecule has 4 nitrogen and oxygen atoms in total. The number of anilines is 1. The molecule has 0 saturated carbocycles. The van der Waals surface area contributed by atoms with Crippen LogP contribution in [0.3, 0.4) is 0 Å². The molecule has 0 bridgehead atoms. The summed E-state index contributed by atoms with van der Waals surface area (Å²) in [5, 5.41) is 6.28. The third kappa shape index (κ3) is 4.59. The average Bonchev–Trinajstić information content (AvgIpc) is 2.55. The predicted octanol–water partition coefficient (Wildman–Crippen LogP) is 4.04. The van der Waals surface area contributed by atoms with E-state index in [1.807, 2.05) is 26.8 Å². The Labute approximate surface area is 147 Å². The highest BCUT2D eigenvalue weighted by Crippen LogP contribution is 2.20. The molecule has 5 heteroatoms. The Bertz CT molecular complexity index is 729. The molecule has 0 aliphatic heterocycles. The smallest absolute Gasteiger partial charge is 0.251 e. The molecule has 2 N–H and O–H groups in total. The molecule has 1 atom stereocenters. The second-order valence-corrected chi connectivity index (χ2v) is 6.45. The van der Waals surface area contributed by atoms with Gasteiger partial charge < -0.3 is 10.6 Å². The lowest BCUT2D eigenvalue weighted by molar-refractivity contribution is -0.118. The van der Waals surface area contributed by atoms with E-state index in [9.17, 15) is 9.59 Å². The van der Waals surface area contributed by atoms with Crippen LogP contribution in [0.2, 0.25) is 5.02 Å². The van der Waals surface area contributed by atoms with E-state index in [1.165, 1.54) is 0 Å². The summed E-state index contributed by atoms with van der Waals surface area (Å²) in [6, 6.07) is 13.5. The van der Waals surface area contributed by atoms with E-state index in [0.717, 1.165) is 5.56 Å². The van der Waals surface area contributed by atoms with Crippen LogP contribution in [-0.4, -0.2) is 17.9 Å². The summed E-state index contributed by atoms with van der Waals surface area (Å²) in [4.78, 5) is 24.9. The van der Waals surface area contributed by atoms with E-state index < -0.39 is 6.04 Å². The number of nitrogens with one attached hydrogen (secondary N) is 2. The van der Waals surface area contributed by atoms with Crippen LogP contribution in [0.5, 0.6) is 0 Å². The molecule has 2 aromatic rings. The minimum absolute atomic E-state index is 0.0507. The Kier molecular flexibility index (Phi) is 5.99. The molecule has 0 fully saturated rings. The van der Waals surface area contributed by atoms with Gasteiger partial charge in [0.15, 0.2) is 0 Å². The van der Waals surface area contributed by atoms with Crippen molar-refractivity contribution >= 4 is 29.1 Å². The fourth-order valence-corrected chi connectivity index (χ4v) is 2.55. The molecule has 0 radical (unpaired) electrons. The zero-order chi connectivity index (χ0) is 17.7. The van der Waals surface area contributed by atoms with Gasteiger partial charge in [-0.2, -0.15) is 0 Å². The van der Waals surface area contributed by atoms with Gasteiger partial charge in [-0.1, -0.05) is 43.6 Å². The summed E-state index contributed by atoms with van der Waals surface area (Å²) in [7, 11) is 0. The minimum atomic E-state index is -0.632. The second kappa shape index (κ2) is 7.97. The molecule has 0 aliphatic carbocycles. The largest absolute Gasteiger partial charge is 0.340 e. The summed E-state index contributed by atoms with van der Waals surface area (Å²) >= 11 is 5.93. The van der Waals surface area contributed by atoms with Crippen molar-refractivity contribution in [3.63, 3.8) is 0 Å². The van der Waals surface area contributed by atoms with Crippen LogP contribution < -0.4 is 10.6 Å². The van der Waals surface area contributed by atoms with Crippen molar-refractivity contribution in [1.29, 1.82) is 0 Å². The molecule has 0 heterocycles. The number of aryl methyl sites for hydroxylation is 1. The number of hydrogen-bond acceptors (Lipinski definition) is 2. The van der Waals surface area contributed by atoms with E-state index >= 15 is 0 Å². The van der Waals surface area contributed by atoms with Crippen molar-refractivity contribution in [2.24, 2.45) is 5.92 Å².